The van der Waals surface area contributed by atoms with E-state index in [1.54, 1.807) is 0 Å². The lowest BCUT2D eigenvalue weighted by molar-refractivity contribution is 1.26. The number of para-hydroxylation sites is 4. The van der Waals surface area contributed by atoms with Crippen LogP contribution in [-0.4, -0.2) is 0 Å². The second-order valence-corrected chi connectivity index (χ2v) is 31.7. The predicted octanol–water partition coefficient (Wildman–Crippen LogP) is 26.7. The van der Waals surface area contributed by atoms with Crippen LogP contribution in [0.3, 0.4) is 0 Å². The Morgan fingerprint density at radius 1 is 0.252 bits per heavy atom. The zero-order valence-electron chi connectivity index (χ0n) is 55.7. The van der Waals surface area contributed by atoms with Gasteiger partial charge in [-0.25, -0.2) is 0 Å². The summed E-state index contributed by atoms with van der Waals surface area (Å²) in [6.45, 7) is 0. The minimum absolute atomic E-state index is 0.661. The Bertz CT molecular complexity index is 6840. The summed E-state index contributed by atoms with van der Waals surface area (Å²) in [5.41, 5.74) is 13.0. The minimum Gasteiger partial charge on any atom is -0.308 e. The molecular formula is C96H60ClN4PS. The number of rotatable bonds is 8. The van der Waals surface area contributed by atoms with Crippen molar-refractivity contribution in [3.8, 4) is 0 Å². The van der Waals surface area contributed by atoms with Crippen molar-refractivity contribution in [1.82, 2.24) is 0 Å². The molecule has 20 aromatic rings. The normalized spacial score (nSPS) is 13.9. The van der Waals surface area contributed by atoms with Gasteiger partial charge in [0.25, 0.3) is 0 Å². The SMILES string of the molecule is Clc1c(N(c2ccccc2)c2cccc3c2ccc2ccccc23)cccc1N(c1ccccc1)c1ccc2ccc3cccc4ccc1c2c34.S=P12c3ccc4c(ccc5ccccc54)c3N(c3ccccc3)c3cccc(c31)N(c1ccccc1)c1c2cc2ccc3cccc4ccc1c2c34. The highest BCUT2D eigenvalue weighted by molar-refractivity contribution is 8.26. The monoisotopic (exact) mass is 1370 g/mol. The fourth-order valence-corrected chi connectivity index (χ4v) is 22.4. The largest absolute Gasteiger partial charge is 0.308 e. The Morgan fingerprint density at radius 3 is 1.20 bits per heavy atom. The first-order valence-electron chi connectivity index (χ1n) is 35.1. The van der Waals surface area contributed by atoms with Crippen LogP contribution in [0.1, 0.15) is 0 Å². The van der Waals surface area contributed by atoms with Crippen LogP contribution in [0.2, 0.25) is 5.02 Å². The van der Waals surface area contributed by atoms with Gasteiger partial charge in [-0.2, -0.15) is 0 Å². The molecule has 22 rings (SSSR count). The summed E-state index contributed by atoms with van der Waals surface area (Å²) in [5, 5.41) is 29.3. The maximum Gasteiger partial charge on any atom is 0.0887 e. The summed E-state index contributed by atoms with van der Waals surface area (Å²) in [4.78, 5) is 9.62. The molecule has 1 unspecified atom stereocenters. The number of benzene rings is 20. The molecule has 103 heavy (non-hydrogen) atoms. The first-order chi connectivity index (χ1) is 50.9. The predicted molar refractivity (Wildman–Crippen MR) is 447 cm³/mol. The van der Waals surface area contributed by atoms with Crippen molar-refractivity contribution in [2.75, 3.05) is 19.6 Å². The average molecular weight is 1370 g/mol. The van der Waals surface area contributed by atoms with E-state index in [2.05, 4.69) is 384 Å². The lowest BCUT2D eigenvalue weighted by Gasteiger charge is -2.47. The molecule has 0 aliphatic carbocycles. The molecule has 0 fully saturated rings. The Labute approximate surface area is 605 Å². The van der Waals surface area contributed by atoms with E-state index in [9.17, 15) is 0 Å². The Morgan fingerprint density at radius 2 is 0.621 bits per heavy atom. The molecule has 2 aliphatic heterocycles. The summed E-state index contributed by atoms with van der Waals surface area (Å²) >= 11 is 15.2. The minimum atomic E-state index is -2.66. The van der Waals surface area contributed by atoms with E-state index in [1.807, 2.05) is 0 Å². The Kier molecular flexibility index (Phi) is 13.5. The van der Waals surface area contributed by atoms with E-state index in [0.717, 1.165) is 56.6 Å². The van der Waals surface area contributed by atoms with Crippen LogP contribution < -0.4 is 35.5 Å². The number of anilines is 12. The molecule has 0 saturated carbocycles. The average Bonchev–Trinajstić information content (AvgIpc) is 0.668. The van der Waals surface area contributed by atoms with Gasteiger partial charge in [0.2, 0.25) is 0 Å². The molecule has 0 aromatic heterocycles. The van der Waals surface area contributed by atoms with E-state index in [-0.39, 0.29) is 0 Å². The van der Waals surface area contributed by atoms with Crippen LogP contribution in [0.15, 0.2) is 364 Å². The number of hydrogen-bond donors (Lipinski definition) is 0. The molecule has 4 nitrogen and oxygen atoms in total. The third kappa shape index (κ3) is 8.94. The third-order valence-corrected chi connectivity index (χ3v) is 26.9. The van der Waals surface area contributed by atoms with Gasteiger partial charge in [0.15, 0.2) is 0 Å². The van der Waals surface area contributed by atoms with Gasteiger partial charge < -0.3 is 19.6 Å². The van der Waals surface area contributed by atoms with Gasteiger partial charge in [-0.15, -0.1) is 0 Å². The summed E-state index contributed by atoms with van der Waals surface area (Å²) < 4.78 is 0. The van der Waals surface area contributed by atoms with Crippen LogP contribution in [0, 0.1) is 0 Å². The molecule has 20 aromatic carbocycles. The van der Waals surface area contributed by atoms with Crippen LogP contribution in [0.25, 0.3) is 108 Å². The molecule has 0 radical (unpaired) electrons. The number of hydrogen-bond acceptors (Lipinski definition) is 5. The fourth-order valence-electron chi connectivity index (χ4n) is 17.3. The van der Waals surface area contributed by atoms with Gasteiger partial charge in [-0.1, -0.05) is 296 Å². The van der Waals surface area contributed by atoms with Crippen LogP contribution in [0.5, 0.6) is 0 Å². The van der Waals surface area contributed by atoms with Crippen LogP contribution >= 0.6 is 17.6 Å². The third-order valence-electron chi connectivity index (χ3n) is 21.6. The lowest BCUT2D eigenvalue weighted by atomic mass is 9.93. The van der Waals surface area contributed by atoms with Crippen molar-refractivity contribution in [1.29, 1.82) is 0 Å². The van der Waals surface area contributed by atoms with Gasteiger partial charge in [-0.3, -0.25) is 0 Å². The Hall–Kier alpha value is -12.3. The second-order valence-electron chi connectivity index (χ2n) is 27.1. The highest BCUT2D eigenvalue weighted by atomic mass is 35.5. The molecule has 0 N–H and O–H groups in total. The van der Waals surface area contributed by atoms with E-state index >= 15 is 0 Å². The summed E-state index contributed by atoms with van der Waals surface area (Å²) in [6, 6.07) is 129. The molecule has 482 valence electrons. The van der Waals surface area contributed by atoms with Crippen molar-refractivity contribution >= 4 is 221 Å². The van der Waals surface area contributed by atoms with Gasteiger partial charge in [0.05, 0.1) is 50.5 Å². The molecule has 2 heterocycles. The summed E-state index contributed by atoms with van der Waals surface area (Å²) in [6.07, 6.45) is 0. The second kappa shape index (κ2) is 23.4. The van der Waals surface area contributed by atoms with Crippen LogP contribution in [-0.2, 0) is 11.8 Å². The molecule has 2 aliphatic rings. The number of nitrogens with zero attached hydrogens (tertiary/aromatic N) is 4. The first-order valence-corrected chi connectivity index (χ1v) is 38.3. The molecule has 0 bridgehead atoms. The maximum absolute atomic E-state index is 7.76. The van der Waals surface area contributed by atoms with Gasteiger partial charge in [0.1, 0.15) is 0 Å². The Balaban J connectivity index is 0.000000134. The maximum atomic E-state index is 7.76. The molecule has 0 saturated heterocycles. The fraction of sp³-hybridized carbons (Fsp3) is 0. The number of fused-ring (bicyclic) bond motifs is 12. The summed E-state index contributed by atoms with van der Waals surface area (Å²) in [7, 11) is 0. The van der Waals surface area contributed by atoms with E-state index in [4.69, 9.17) is 23.4 Å². The van der Waals surface area contributed by atoms with Crippen molar-refractivity contribution in [3.05, 3.63) is 369 Å². The smallest absolute Gasteiger partial charge is 0.0887 e. The molecule has 1 atom stereocenters. The molecule has 0 amide bonds. The van der Waals surface area contributed by atoms with Crippen molar-refractivity contribution in [2.24, 2.45) is 0 Å². The van der Waals surface area contributed by atoms with E-state index in [1.165, 1.54) is 135 Å². The first kappa shape index (κ1) is 59.5. The quantitative estimate of drug-likeness (QED) is 0.111. The van der Waals surface area contributed by atoms with Crippen LogP contribution in [0.4, 0.5) is 68.2 Å². The molecule has 0 spiro atoms. The number of halogens is 1. The highest BCUT2D eigenvalue weighted by Gasteiger charge is 2.47. The zero-order chi connectivity index (χ0) is 68.0. The highest BCUT2D eigenvalue weighted by Crippen LogP contribution is 2.64. The van der Waals surface area contributed by atoms with Gasteiger partial charge in [-0.05, 0) is 177 Å². The lowest BCUT2D eigenvalue weighted by Crippen LogP contribution is -2.43. The summed E-state index contributed by atoms with van der Waals surface area (Å²) in [5.74, 6) is 0. The topological polar surface area (TPSA) is 13.0 Å². The standard InChI is InChI=1S/C48H31ClN2.C48H29N2PS/c49-48-44(50(36-15-3-1-4-16-36)42-21-10-20-39-38-19-8-7-12-32(38)26-29-40(39)42)22-11-23-45(48)51(37-17-5-2-6-18-37)43-31-28-35-25-24-33-13-9-14-34-27-30-41(43)47(35)46(33)34;52-51-42-28-27-37-36-18-8-7-11-30(36)23-25-38(37)46(42)49(34-14-3-1-4-15-34)40-19-10-20-41(48(40)51)50(35-16-5-2-6-17-35)47-39-26-24-32-13-9-12-31-21-22-33(29-43(47)51)45(39)44(31)32/h1-31H;1-29H. The van der Waals surface area contributed by atoms with E-state index in [0.29, 0.717) is 5.02 Å². The van der Waals surface area contributed by atoms with Crippen molar-refractivity contribution in [2.45, 2.75) is 0 Å². The van der Waals surface area contributed by atoms with E-state index < -0.39 is 6.04 Å². The van der Waals surface area contributed by atoms with Crippen molar-refractivity contribution in [3.63, 3.8) is 0 Å². The molecular weight excluding hydrogens is 1310 g/mol. The van der Waals surface area contributed by atoms with Gasteiger partial charge in [0, 0.05) is 66.2 Å². The molecule has 7 heteroatoms. The zero-order valence-corrected chi connectivity index (χ0v) is 58.1. The van der Waals surface area contributed by atoms with Gasteiger partial charge >= 0.3 is 0 Å². The van der Waals surface area contributed by atoms with Crippen molar-refractivity contribution < 1.29 is 0 Å².